The number of pyridine rings is 1. The molecule has 1 aliphatic rings. The van der Waals surface area contributed by atoms with Gasteiger partial charge < -0.3 is 9.88 Å². The van der Waals surface area contributed by atoms with Crippen molar-refractivity contribution in [3.63, 3.8) is 0 Å². The maximum absolute atomic E-state index is 11.3. The van der Waals surface area contributed by atoms with Crippen LogP contribution in [0.4, 0.5) is 5.69 Å². The van der Waals surface area contributed by atoms with Crippen LogP contribution < -0.4 is 10.9 Å². The van der Waals surface area contributed by atoms with Gasteiger partial charge in [0.2, 0.25) is 5.56 Å². The van der Waals surface area contributed by atoms with E-state index in [0.717, 1.165) is 11.4 Å². The molecule has 3 nitrogen and oxygen atoms in total. The second kappa shape index (κ2) is 4.77. The van der Waals surface area contributed by atoms with E-state index in [1.807, 2.05) is 24.0 Å². The molecule has 0 saturated carbocycles. The lowest BCUT2D eigenvalue weighted by Crippen LogP contribution is -2.35. The van der Waals surface area contributed by atoms with Gasteiger partial charge in [-0.3, -0.25) is 4.79 Å². The van der Waals surface area contributed by atoms with Crippen LogP contribution in [0.25, 0.3) is 0 Å². The van der Waals surface area contributed by atoms with E-state index < -0.39 is 0 Å². The van der Waals surface area contributed by atoms with E-state index in [4.69, 9.17) is 0 Å². The molecule has 2 rings (SSSR count). The van der Waals surface area contributed by atoms with E-state index in [-0.39, 0.29) is 5.56 Å². The highest BCUT2D eigenvalue weighted by Crippen LogP contribution is 2.34. The molecule has 17 heavy (non-hydrogen) atoms. The first-order chi connectivity index (χ1) is 7.96. The highest BCUT2D eigenvalue weighted by molar-refractivity contribution is 7.99. The highest BCUT2D eigenvalue weighted by Gasteiger charge is 2.28. The second-order valence-corrected chi connectivity index (χ2v) is 6.62. The van der Waals surface area contributed by atoms with Crippen LogP contribution in [0.1, 0.15) is 20.3 Å². The van der Waals surface area contributed by atoms with Gasteiger partial charge >= 0.3 is 0 Å². The van der Waals surface area contributed by atoms with Crippen molar-refractivity contribution in [1.82, 2.24) is 4.57 Å². The summed E-state index contributed by atoms with van der Waals surface area (Å²) in [5.41, 5.74) is 1.48. The van der Waals surface area contributed by atoms with Crippen molar-refractivity contribution >= 4 is 17.4 Å². The minimum atomic E-state index is 0.0360. The molecule has 1 fully saturated rings. The summed E-state index contributed by atoms with van der Waals surface area (Å²) in [5.74, 6) is 2.38. The van der Waals surface area contributed by atoms with Gasteiger partial charge in [0.1, 0.15) is 0 Å². The normalized spacial score (nSPS) is 23.4. The van der Waals surface area contributed by atoms with Gasteiger partial charge in [0.05, 0.1) is 5.69 Å². The first-order valence-electron chi connectivity index (χ1n) is 5.97. The quantitative estimate of drug-likeness (QED) is 0.877. The SMILES string of the molecule is Cn1cc(NC2CSCC(C)(C)C2)ccc1=O. The van der Waals surface area contributed by atoms with E-state index in [0.29, 0.717) is 11.5 Å². The Morgan fingerprint density at radius 2 is 2.24 bits per heavy atom. The zero-order chi connectivity index (χ0) is 12.5. The molecule has 0 bridgehead atoms. The molecule has 0 aromatic carbocycles. The predicted octanol–water partition coefficient (Wildman–Crippen LogP) is 2.33. The lowest BCUT2D eigenvalue weighted by Gasteiger charge is -2.35. The first-order valence-corrected chi connectivity index (χ1v) is 7.13. The molecule has 0 radical (unpaired) electrons. The first kappa shape index (κ1) is 12.6. The number of nitrogens with one attached hydrogen (secondary N) is 1. The Bertz CT molecular complexity index is 453. The van der Waals surface area contributed by atoms with Gasteiger partial charge in [-0.25, -0.2) is 0 Å². The molecule has 1 aromatic heterocycles. The summed E-state index contributed by atoms with van der Waals surface area (Å²) in [6.07, 6.45) is 3.05. The summed E-state index contributed by atoms with van der Waals surface area (Å²) in [4.78, 5) is 11.3. The summed E-state index contributed by atoms with van der Waals surface area (Å²) in [6.45, 7) is 4.63. The minimum absolute atomic E-state index is 0.0360. The average molecular weight is 252 g/mol. The fourth-order valence-corrected chi connectivity index (χ4v) is 3.54. The third-order valence-electron chi connectivity index (χ3n) is 3.07. The second-order valence-electron chi connectivity index (χ2n) is 5.59. The van der Waals surface area contributed by atoms with Crippen molar-refractivity contribution < 1.29 is 0 Å². The zero-order valence-electron chi connectivity index (χ0n) is 10.7. The number of aromatic nitrogens is 1. The lowest BCUT2D eigenvalue weighted by molar-refractivity contribution is 0.358. The Hall–Kier alpha value is -0.900. The third-order valence-corrected chi connectivity index (χ3v) is 4.69. The smallest absolute Gasteiger partial charge is 0.250 e. The zero-order valence-corrected chi connectivity index (χ0v) is 11.5. The molecule has 0 aliphatic carbocycles. The molecule has 0 spiro atoms. The van der Waals surface area contributed by atoms with Gasteiger partial charge in [0, 0.05) is 31.1 Å². The molecule has 94 valence electrons. The molecule has 0 amide bonds. The molecule has 1 unspecified atom stereocenters. The number of thioether (sulfide) groups is 1. The van der Waals surface area contributed by atoms with Crippen molar-refractivity contribution in [2.24, 2.45) is 12.5 Å². The fraction of sp³-hybridized carbons (Fsp3) is 0.615. The molecular formula is C13H20N2OS. The summed E-state index contributed by atoms with van der Waals surface area (Å²) in [6, 6.07) is 3.99. The van der Waals surface area contributed by atoms with Gasteiger partial charge in [0.25, 0.3) is 0 Å². The molecule has 1 aromatic rings. The largest absolute Gasteiger partial charge is 0.380 e. The van der Waals surface area contributed by atoms with Crippen LogP contribution in [-0.2, 0) is 7.05 Å². The van der Waals surface area contributed by atoms with Crippen LogP contribution in [0.5, 0.6) is 0 Å². The maximum atomic E-state index is 11.3. The number of hydrogen-bond donors (Lipinski definition) is 1. The standard InChI is InChI=1S/C13H20N2OS/c1-13(2)6-11(8-17-9-13)14-10-4-5-12(16)15(3)7-10/h4-5,7,11,14H,6,8-9H2,1-3H3. The van der Waals surface area contributed by atoms with Gasteiger partial charge in [-0.2, -0.15) is 11.8 Å². The fourth-order valence-electron chi connectivity index (χ4n) is 2.27. The molecule has 1 N–H and O–H groups in total. The van der Waals surface area contributed by atoms with Crippen LogP contribution in [-0.4, -0.2) is 22.1 Å². The van der Waals surface area contributed by atoms with E-state index in [1.165, 1.54) is 12.2 Å². The van der Waals surface area contributed by atoms with Crippen LogP contribution in [0.15, 0.2) is 23.1 Å². The van der Waals surface area contributed by atoms with Gasteiger partial charge in [-0.05, 0) is 23.7 Å². The average Bonchev–Trinajstić information content (AvgIpc) is 2.22. The van der Waals surface area contributed by atoms with Crippen molar-refractivity contribution in [2.75, 3.05) is 16.8 Å². The Morgan fingerprint density at radius 1 is 1.47 bits per heavy atom. The Kier molecular flexibility index (Phi) is 3.52. The van der Waals surface area contributed by atoms with E-state index in [9.17, 15) is 4.79 Å². The van der Waals surface area contributed by atoms with Gasteiger partial charge in [-0.15, -0.1) is 0 Å². The Morgan fingerprint density at radius 3 is 2.88 bits per heavy atom. The third kappa shape index (κ3) is 3.28. The van der Waals surface area contributed by atoms with Gasteiger partial charge in [-0.1, -0.05) is 13.8 Å². The van der Waals surface area contributed by atoms with E-state index in [2.05, 4.69) is 19.2 Å². The summed E-state index contributed by atoms with van der Waals surface area (Å²) >= 11 is 2.01. The lowest BCUT2D eigenvalue weighted by atomic mass is 9.88. The van der Waals surface area contributed by atoms with Gasteiger partial charge in [0.15, 0.2) is 0 Å². The molecule has 1 atom stereocenters. The van der Waals surface area contributed by atoms with Crippen LogP contribution in [0.2, 0.25) is 0 Å². The number of hydrogen-bond acceptors (Lipinski definition) is 3. The highest BCUT2D eigenvalue weighted by atomic mass is 32.2. The van der Waals surface area contributed by atoms with Crippen LogP contribution in [0.3, 0.4) is 0 Å². The summed E-state index contributed by atoms with van der Waals surface area (Å²) in [7, 11) is 1.78. The van der Waals surface area contributed by atoms with Crippen molar-refractivity contribution in [3.8, 4) is 0 Å². The molecular weight excluding hydrogens is 232 g/mol. The molecule has 2 heterocycles. The van der Waals surface area contributed by atoms with Crippen LogP contribution >= 0.6 is 11.8 Å². The Balaban J connectivity index is 2.05. The number of rotatable bonds is 2. The van der Waals surface area contributed by atoms with Crippen molar-refractivity contribution in [2.45, 2.75) is 26.3 Å². The number of nitrogens with zero attached hydrogens (tertiary/aromatic N) is 1. The van der Waals surface area contributed by atoms with Crippen molar-refractivity contribution in [3.05, 3.63) is 28.7 Å². The minimum Gasteiger partial charge on any atom is -0.380 e. The maximum Gasteiger partial charge on any atom is 0.250 e. The van der Waals surface area contributed by atoms with E-state index in [1.54, 1.807) is 17.7 Å². The van der Waals surface area contributed by atoms with Crippen molar-refractivity contribution in [1.29, 1.82) is 0 Å². The molecule has 1 saturated heterocycles. The van der Waals surface area contributed by atoms with Crippen LogP contribution in [0, 0.1) is 5.41 Å². The number of aryl methyl sites for hydroxylation is 1. The molecule has 4 heteroatoms. The number of anilines is 1. The summed E-state index contributed by atoms with van der Waals surface area (Å²) in [5, 5.41) is 3.52. The monoisotopic (exact) mass is 252 g/mol. The molecule has 1 aliphatic heterocycles. The Labute approximate surface area is 107 Å². The topological polar surface area (TPSA) is 34.0 Å². The predicted molar refractivity (Wildman–Crippen MR) is 74.8 cm³/mol. The van der Waals surface area contributed by atoms with E-state index >= 15 is 0 Å². The summed E-state index contributed by atoms with van der Waals surface area (Å²) < 4.78 is 1.61.